The molecule has 1 aliphatic carbocycles. The Morgan fingerprint density at radius 3 is 2.78 bits per heavy atom. The van der Waals surface area contributed by atoms with Gasteiger partial charge in [0, 0.05) is 12.8 Å². The molecule has 0 saturated heterocycles. The molecule has 1 spiro atoms. The first-order chi connectivity index (χ1) is 8.71. The minimum atomic E-state index is -0.397. The summed E-state index contributed by atoms with van der Waals surface area (Å²) in [6.07, 6.45) is 4.75. The first-order valence-electron chi connectivity index (χ1n) is 6.25. The third kappa shape index (κ3) is 1.90. The molecule has 94 valence electrons. The van der Waals surface area contributed by atoms with Gasteiger partial charge < -0.3 is 9.47 Å². The van der Waals surface area contributed by atoms with Crippen LogP contribution in [0.25, 0.3) is 0 Å². The van der Waals surface area contributed by atoms with Crippen LogP contribution in [0.2, 0.25) is 0 Å². The SMILES string of the molecule is COC1=CC(=O)OC2(CCc3ccccc3C2)C1. The first-order valence-corrected chi connectivity index (χ1v) is 6.25. The molecule has 1 unspecified atom stereocenters. The number of ether oxygens (including phenoxy) is 2. The molecule has 1 aliphatic heterocycles. The zero-order valence-corrected chi connectivity index (χ0v) is 10.4. The summed E-state index contributed by atoms with van der Waals surface area (Å²) >= 11 is 0. The van der Waals surface area contributed by atoms with E-state index in [-0.39, 0.29) is 5.97 Å². The first kappa shape index (κ1) is 11.3. The minimum absolute atomic E-state index is 0.280. The van der Waals surface area contributed by atoms with Gasteiger partial charge in [-0.2, -0.15) is 0 Å². The Hall–Kier alpha value is -1.77. The van der Waals surface area contributed by atoms with Crippen molar-refractivity contribution in [2.24, 2.45) is 0 Å². The van der Waals surface area contributed by atoms with Crippen molar-refractivity contribution in [2.75, 3.05) is 7.11 Å². The minimum Gasteiger partial charge on any atom is -0.501 e. The lowest BCUT2D eigenvalue weighted by atomic mass is 9.77. The molecule has 0 aromatic heterocycles. The van der Waals surface area contributed by atoms with Crippen LogP contribution in [0, 0.1) is 0 Å². The van der Waals surface area contributed by atoms with Gasteiger partial charge in [0.2, 0.25) is 0 Å². The molecule has 0 bridgehead atoms. The molecule has 0 saturated carbocycles. The van der Waals surface area contributed by atoms with E-state index >= 15 is 0 Å². The summed E-state index contributed by atoms with van der Waals surface area (Å²) in [5, 5.41) is 0. The zero-order valence-electron chi connectivity index (χ0n) is 10.4. The van der Waals surface area contributed by atoms with Crippen LogP contribution in [0.5, 0.6) is 0 Å². The maximum Gasteiger partial charge on any atom is 0.334 e. The molecule has 0 amide bonds. The van der Waals surface area contributed by atoms with E-state index in [4.69, 9.17) is 9.47 Å². The smallest absolute Gasteiger partial charge is 0.334 e. The number of carbonyl (C=O) groups is 1. The third-order valence-electron chi connectivity index (χ3n) is 3.84. The number of carbonyl (C=O) groups excluding carboxylic acids is 1. The molecule has 1 aromatic rings. The molecule has 3 heteroatoms. The molecule has 0 radical (unpaired) electrons. The largest absolute Gasteiger partial charge is 0.501 e. The average molecular weight is 244 g/mol. The van der Waals surface area contributed by atoms with Gasteiger partial charge in [-0.3, -0.25) is 0 Å². The predicted molar refractivity (Wildman–Crippen MR) is 67.0 cm³/mol. The van der Waals surface area contributed by atoms with Crippen molar-refractivity contribution in [1.82, 2.24) is 0 Å². The average Bonchev–Trinajstić information content (AvgIpc) is 2.37. The van der Waals surface area contributed by atoms with Gasteiger partial charge in [-0.15, -0.1) is 0 Å². The Kier molecular flexibility index (Phi) is 2.62. The summed E-state index contributed by atoms with van der Waals surface area (Å²) in [6, 6.07) is 8.37. The molecular weight excluding hydrogens is 228 g/mol. The van der Waals surface area contributed by atoms with E-state index in [0.717, 1.165) is 25.0 Å². The van der Waals surface area contributed by atoms with Gasteiger partial charge >= 0.3 is 5.97 Å². The van der Waals surface area contributed by atoms with Crippen LogP contribution in [0.15, 0.2) is 36.1 Å². The van der Waals surface area contributed by atoms with E-state index in [1.807, 2.05) is 6.07 Å². The van der Waals surface area contributed by atoms with Crippen LogP contribution in [-0.2, 0) is 27.1 Å². The summed E-state index contributed by atoms with van der Waals surface area (Å²) < 4.78 is 10.8. The number of aryl methyl sites for hydroxylation is 1. The molecular formula is C15H16O3. The van der Waals surface area contributed by atoms with E-state index in [9.17, 15) is 4.79 Å². The van der Waals surface area contributed by atoms with E-state index in [0.29, 0.717) is 6.42 Å². The van der Waals surface area contributed by atoms with Crippen molar-refractivity contribution < 1.29 is 14.3 Å². The standard InChI is InChI=1S/C15H16O3/c1-17-13-8-14(16)18-15(10-13)7-6-11-4-2-3-5-12(11)9-15/h2-5,8H,6-7,9-10H2,1H3. The van der Waals surface area contributed by atoms with Gasteiger partial charge in [0.1, 0.15) is 11.4 Å². The Labute approximate surface area is 106 Å². The second-order valence-corrected chi connectivity index (χ2v) is 5.04. The Bertz CT molecular complexity index is 518. The Morgan fingerprint density at radius 1 is 1.22 bits per heavy atom. The predicted octanol–water partition coefficient (Wildman–Crippen LogP) is 2.39. The topological polar surface area (TPSA) is 35.5 Å². The number of methoxy groups -OCH3 is 1. The highest BCUT2D eigenvalue weighted by atomic mass is 16.6. The Balaban J connectivity index is 1.91. The fourth-order valence-corrected chi connectivity index (χ4v) is 2.92. The van der Waals surface area contributed by atoms with Crippen molar-refractivity contribution in [2.45, 2.75) is 31.3 Å². The van der Waals surface area contributed by atoms with Crippen LogP contribution in [0.1, 0.15) is 24.0 Å². The summed E-state index contributed by atoms with van der Waals surface area (Å²) in [7, 11) is 1.61. The van der Waals surface area contributed by atoms with Crippen molar-refractivity contribution in [3.05, 3.63) is 47.2 Å². The van der Waals surface area contributed by atoms with Crippen molar-refractivity contribution in [3.63, 3.8) is 0 Å². The van der Waals surface area contributed by atoms with Crippen molar-refractivity contribution >= 4 is 5.97 Å². The van der Waals surface area contributed by atoms with Gasteiger partial charge in [-0.1, -0.05) is 24.3 Å². The van der Waals surface area contributed by atoms with Crippen molar-refractivity contribution in [3.8, 4) is 0 Å². The van der Waals surface area contributed by atoms with Crippen LogP contribution in [0.4, 0.5) is 0 Å². The summed E-state index contributed by atoms with van der Waals surface area (Å²) in [5.74, 6) is 0.447. The Morgan fingerprint density at radius 2 is 2.00 bits per heavy atom. The van der Waals surface area contributed by atoms with E-state index in [1.54, 1.807) is 7.11 Å². The second kappa shape index (κ2) is 4.16. The lowest BCUT2D eigenvalue weighted by Gasteiger charge is -2.39. The highest BCUT2D eigenvalue weighted by Crippen LogP contribution is 2.38. The lowest BCUT2D eigenvalue weighted by molar-refractivity contribution is -0.158. The van der Waals surface area contributed by atoms with Gasteiger partial charge in [0.25, 0.3) is 0 Å². The molecule has 1 atom stereocenters. The lowest BCUT2D eigenvalue weighted by Crippen LogP contribution is -2.43. The van der Waals surface area contributed by atoms with Crippen molar-refractivity contribution in [1.29, 1.82) is 0 Å². The number of hydrogen-bond acceptors (Lipinski definition) is 3. The quantitative estimate of drug-likeness (QED) is 0.712. The molecule has 3 rings (SSSR count). The maximum absolute atomic E-state index is 11.6. The normalized spacial score (nSPS) is 26.3. The number of hydrogen-bond donors (Lipinski definition) is 0. The number of fused-ring (bicyclic) bond motifs is 1. The monoisotopic (exact) mass is 244 g/mol. The molecule has 1 heterocycles. The highest BCUT2D eigenvalue weighted by Gasteiger charge is 2.41. The second-order valence-electron chi connectivity index (χ2n) is 5.04. The van der Waals surface area contributed by atoms with E-state index in [2.05, 4.69) is 18.2 Å². The van der Waals surface area contributed by atoms with Gasteiger partial charge in [-0.25, -0.2) is 4.79 Å². The number of benzene rings is 1. The maximum atomic E-state index is 11.6. The molecule has 2 aliphatic rings. The highest BCUT2D eigenvalue weighted by molar-refractivity contribution is 5.84. The molecule has 18 heavy (non-hydrogen) atoms. The fraction of sp³-hybridized carbons (Fsp3) is 0.400. The molecule has 3 nitrogen and oxygen atoms in total. The molecule has 0 N–H and O–H groups in total. The van der Waals surface area contributed by atoms with Gasteiger partial charge in [-0.05, 0) is 24.0 Å². The number of rotatable bonds is 1. The molecule has 0 fully saturated rings. The van der Waals surface area contributed by atoms with Crippen LogP contribution in [0.3, 0.4) is 0 Å². The van der Waals surface area contributed by atoms with E-state index < -0.39 is 5.60 Å². The fourth-order valence-electron chi connectivity index (χ4n) is 2.92. The number of esters is 1. The third-order valence-corrected chi connectivity index (χ3v) is 3.84. The summed E-state index contributed by atoms with van der Waals surface area (Å²) in [4.78, 5) is 11.6. The molecule has 1 aromatic carbocycles. The summed E-state index contributed by atoms with van der Waals surface area (Å²) in [6.45, 7) is 0. The van der Waals surface area contributed by atoms with Crippen LogP contribution >= 0.6 is 0 Å². The van der Waals surface area contributed by atoms with E-state index in [1.165, 1.54) is 17.2 Å². The summed E-state index contributed by atoms with van der Waals surface area (Å²) in [5.41, 5.74) is 2.26. The van der Waals surface area contributed by atoms with Crippen LogP contribution in [-0.4, -0.2) is 18.7 Å². The van der Waals surface area contributed by atoms with Gasteiger partial charge in [0.05, 0.1) is 13.2 Å². The zero-order chi connectivity index (χ0) is 12.6. The van der Waals surface area contributed by atoms with Gasteiger partial charge in [0.15, 0.2) is 0 Å². The van der Waals surface area contributed by atoms with Crippen LogP contribution < -0.4 is 0 Å².